The van der Waals surface area contributed by atoms with Gasteiger partial charge in [0.15, 0.2) is 5.82 Å². The first-order valence-electron chi connectivity index (χ1n) is 6.96. The second kappa shape index (κ2) is 7.89. The van der Waals surface area contributed by atoms with E-state index in [0.717, 1.165) is 26.0 Å². The van der Waals surface area contributed by atoms with Crippen LogP contribution in [0.25, 0.3) is 0 Å². The first kappa shape index (κ1) is 16.5. The predicted octanol–water partition coefficient (Wildman–Crippen LogP) is 2.32. The van der Waals surface area contributed by atoms with Crippen molar-refractivity contribution in [1.29, 1.82) is 0 Å². The summed E-state index contributed by atoms with van der Waals surface area (Å²) in [6.07, 6.45) is 3.34. The normalized spacial score (nSPS) is 11.4. The quantitative estimate of drug-likeness (QED) is 0.723. The lowest BCUT2D eigenvalue weighted by molar-refractivity contribution is 0.157. The van der Waals surface area contributed by atoms with Crippen molar-refractivity contribution in [2.75, 3.05) is 37.9 Å². The van der Waals surface area contributed by atoms with Crippen LogP contribution in [0.2, 0.25) is 0 Å². The topological polar surface area (TPSA) is 82.3 Å². The third kappa shape index (κ3) is 5.21. The lowest BCUT2D eigenvalue weighted by Gasteiger charge is -2.25. The van der Waals surface area contributed by atoms with Crippen molar-refractivity contribution in [1.82, 2.24) is 9.97 Å². The fourth-order valence-electron chi connectivity index (χ4n) is 1.62. The summed E-state index contributed by atoms with van der Waals surface area (Å²) in [6.45, 7) is 8.47. The summed E-state index contributed by atoms with van der Waals surface area (Å²) < 4.78 is 10.6. The Morgan fingerprint density at radius 1 is 1.30 bits per heavy atom. The van der Waals surface area contributed by atoms with E-state index in [1.54, 1.807) is 7.11 Å². The zero-order valence-electron chi connectivity index (χ0n) is 12.9. The van der Waals surface area contributed by atoms with Gasteiger partial charge in [-0.15, -0.1) is 0 Å². The first-order valence-corrected chi connectivity index (χ1v) is 6.96. The predicted molar refractivity (Wildman–Crippen MR) is 81.0 cm³/mol. The monoisotopic (exact) mass is 282 g/mol. The maximum absolute atomic E-state index is 6.02. The molecule has 20 heavy (non-hydrogen) atoms. The minimum absolute atomic E-state index is 0.0951. The first-order chi connectivity index (χ1) is 9.50. The average Bonchev–Trinajstić information content (AvgIpc) is 2.43. The van der Waals surface area contributed by atoms with Crippen molar-refractivity contribution in [2.45, 2.75) is 33.6 Å². The molecule has 0 aliphatic heterocycles. The molecular weight excluding hydrogens is 256 g/mol. The number of ether oxygens (including phenoxy) is 2. The molecule has 0 atom stereocenters. The van der Waals surface area contributed by atoms with Crippen LogP contribution < -0.4 is 15.8 Å². The smallest absolute Gasteiger partial charge is 0.242 e. The average molecular weight is 282 g/mol. The van der Waals surface area contributed by atoms with E-state index < -0.39 is 0 Å². The third-order valence-corrected chi connectivity index (χ3v) is 3.01. The fourth-order valence-corrected chi connectivity index (χ4v) is 1.62. The summed E-state index contributed by atoms with van der Waals surface area (Å²) in [6, 6.07) is 0. The second-order valence-electron chi connectivity index (χ2n) is 5.55. The molecule has 6 nitrogen and oxygen atoms in total. The van der Waals surface area contributed by atoms with E-state index in [1.165, 1.54) is 6.33 Å². The second-order valence-corrected chi connectivity index (χ2v) is 5.55. The van der Waals surface area contributed by atoms with Crippen LogP contribution in [0.1, 0.15) is 33.6 Å². The number of nitrogens with zero attached hydrogens (tertiary/aromatic N) is 2. The van der Waals surface area contributed by atoms with Crippen LogP contribution in [0.15, 0.2) is 6.33 Å². The number of rotatable bonds is 9. The van der Waals surface area contributed by atoms with E-state index in [1.807, 2.05) is 6.92 Å². The summed E-state index contributed by atoms with van der Waals surface area (Å²) in [5.41, 5.74) is 6.57. The molecule has 0 fully saturated rings. The zero-order valence-corrected chi connectivity index (χ0v) is 12.9. The van der Waals surface area contributed by atoms with E-state index in [4.69, 9.17) is 15.2 Å². The number of nitrogens with one attached hydrogen (secondary N) is 1. The summed E-state index contributed by atoms with van der Waals surface area (Å²) in [7, 11) is 1.71. The SMILES string of the molecule is CCCOc1ncnc(NCC(C)(C)CCOC)c1N. The van der Waals surface area contributed by atoms with Crippen molar-refractivity contribution in [3.05, 3.63) is 6.33 Å². The molecule has 0 bridgehead atoms. The molecule has 0 aliphatic rings. The molecule has 0 amide bonds. The summed E-state index contributed by atoms with van der Waals surface area (Å²) >= 11 is 0. The van der Waals surface area contributed by atoms with Crippen molar-refractivity contribution in [3.63, 3.8) is 0 Å². The van der Waals surface area contributed by atoms with Gasteiger partial charge < -0.3 is 20.5 Å². The van der Waals surface area contributed by atoms with Crippen LogP contribution in [0.5, 0.6) is 5.88 Å². The third-order valence-electron chi connectivity index (χ3n) is 3.01. The van der Waals surface area contributed by atoms with Gasteiger partial charge in [-0.1, -0.05) is 20.8 Å². The van der Waals surface area contributed by atoms with E-state index in [-0.39, 0.29) is 5.41 Å². The Morgan fingerprint density at radius 3 is 2.70 bits per heavy atom. The van der Waals surface area contributed by atoms with Gasteiger partial charge in [-0.2, -0.15) is 4.98 Å². The van der Waals surface area contributed by atoms with Crippen molar-refractivity contribution < 1.29 is 9.47 Å². The van der Waals surface area contributed by atoms with Crippen molar-refractivity contribution in [2.24, 2.45) is 5.41 Å². The van der Waals surface area contributed by atoms with E-state index in [9.17, 15) is 0 Å². The summed E-state index contributed by atoms with van der Waals surface area (Å²) in [5, 5.41) is 3.27. The van der Waals surface area contributed by atoms with Gasteiger partial charge in [0.25, 0.3) is 0 Å². The molecular formula is C14H26N4O2. The van der Waals surface area contributed by atoms with Crippen LogP contribution in [0.3, 0.4) is 0 Å². The number of nitrogens with two attached hydrogens (primary N) is 1. The fraction of sp³-hybridized carbons (Fsp3) is 0.714. The molecule has 0 aromatic carbocycles. The van der Waals surface area contributed by atoms with Gasteiger partial charge >= 0.3 is 0 Å². The van der Waals surface area contributed by atoms with Crippen molar-refractivity contribution >= 4 is 11.5 Å². The molecule has 1 aromatic heterocycles. The molecule has 3 N–H and O–H groups in total. The maximum Gasteiger partial charge on any atom is 0.242 e. The highest BCUT2D eigenvalue weighted by Crippen LogP contribution is 2.27. The Bertz CT molecular complexity index is 410. The number of anilines is 2. The molecule has 6 heteroatoms. The Labute approximate surface area is 121 Å². The Morgan fingerprint density at radius 2 is 2.05 bits per heavy atom. The standard InChI is InChI=1S/C14H26N4O2/c1-5-7-20-13-11(15)12(17-10-18-13)16-9-14(2,3)6-8-19-4/h10H,5-9,15H2,1-4H3,(H,16,17,18). The number of aromatic nitrogens is 2. The number of hydrogen-bond acceptors (Lipinski definition) is 6. The Balaban J connectivity index is 2.63. The van der Waals surface area contributed by atoms with E-state index in [0.29, 0.717) is 24.0 Å². The molecule has 1 rings (SSSR count). The van der Waals surface area contributed by atoms with Gasteiger partial charge in [0, 0.05) is 20.3 Å². The molecule has 0 unspecified atom stereocenters. The van der Waals surface area contributed by atoms with Crippen LogP contribution in [0, 0.1) is 5.41 Å². The lowest BCUT2D eigenvalue weighted by Crippen LogP contribution is -2.25. The van der Waals surface area contributed by atoms with Crippen LogP contribution >= 0.6 is 0 Å². The maximum atomic E-state index is 6.02. The summed E-state index contributed by atoms with van der Waals surface area (Å²) in [4.78, 5) is 8.22. The van der Waals surface area contributed by atoms with Gasteiger partial charge in [-0.3, -0.25) is 0 Å². The zero-order chi connectivity index (χ0) is 15.0. The molecule has 1 aromatic rings. The van der Waals surface area contributed by atoms with E-state index >= 15 is 0 Å². The highest BCUT2D eigenvalue weighted by molar-refractivity contribution is 5.66. The molecule has 0 spiro atoms. The van der Waals surface area contributed by atoms with Gasteiger partial charge in [-0.25, -0.2) is 4.98 Å². The summed E-state index contributed by atoms with van der Waals surface area (Å²) in [5.74, 6) is 1.07. The Hall–Kier alpha value is -1.56. The van der Waals surface area contributed by atoms with E-state index in [2.05, 4.69) is 29.1 Å². The molecule has 1 heterocycles. The van der Waals surface area contributed by atoms with Crippen LogP contribution in [-0.2, 0) is 4.74 Å². The van der Waals surface area contributed by atoms with Gasteiger partial charge in [0.1, 0.15) is 12.0 Å². The van der Waals surface area contributed by atoms with Crippen LogP contribution in [-0.4, -0.2) is 36.8 Å². The number of methoxy groups -OCH3 is 1. The highest BCUT2D eigenvalue weighted by atomic mass is 16.5. The molecule has 0 saturated carbocycles. The highest BCUT2D eigenvalue weighted by Gasteiger charge is 2.18. The minimum Gasteiger partial charge on any atom is -0.476 e. The van der Waals surface area contributed by atoms with Crippen molar-refractivity contribution in [3.8, 4) is 5.88 Å². The molecule has 0 radical (unpaired) electrons. The van der Waals surface area contributed by atoms with Gasteiger partial charge in [0.2, 0.25) is 5.88 Å². The molecule has 0 aliphatic carbocycles. The van der Waals surface area contributed by atoms with Crippen LogP contribution in [0.4, 0.5) is 11.5 Å². The minimum atomic E-state index is 0.0951. The Kier molecular flexibility index (Phi) is 6.51. The van der Waals surface area contributed by atoms with Gasteiger partial charge in [0.05, 0.1) is 6.61 Å². The largest absolute Gasteiger partial charge is 0.476 e. The molecule has 0 saturated heterocycles. The number of hydrogen-bond donors (Lipinski definition) is 2. The molecule has 114 valence electrons. The lowest BCUT2D eigenvalue weighted by atomic mass is 9.90. The van der Waals surface area contributed by atoms with Gasteiger partial charge in [-0.05, 0) is 18.3 Å². The number of nitrogen functional groups attached to an aromatic ring is 1.